The molecule has 0 saturated carbocycles. The summed E-state index contributed by atoms with van der Waals surface area (Å²) in [5.41, 5.74) is 0.645. The van der Waals surface area contributed by atoms with Gasteiger partial charge in [-0.1, -0.05) is 12.1 Å². The van der Waals surface area contributed by atoms with Crippen molar-refractivity contribution in [1.82, 2.24) is 4.98 Å². The third-order valence-corrected chi connectivity index (χ3v) is 5.68. The zero-order chi connectivity index (χ0) is 17.5. The van der Waals surface area contributed by atoms with Gasteiger partial charge < -0.3 is 15.0 Å². The van der Waals surface area contributed by atoms with E-state index in [4.69, 9.17) is 5.11 Å². The van der Waals surface area contributed by atoms with Crippen LogP contribution in [0, 0.1) is 0 Å². The number of carbonyl (C=O) groups excluding carboxylic acids is 1. The molecule has 1 aromatic heterocycles. The monoisotopic (exact) mass is 349 g/mol. The molecular formula is C15H15N3O5S. The molecule has 1 amide bonds. The number of fused-ring (bicyclic) bond motifs is 1. The van der Waals surface area contributed by atoms with Gasteiger partial charge >= 0.3 is 5.97 Å². The number of para-hydroxylation sites is 2. The maximum atomic E-state index is 12.9. The molecule has 24 heavy (non-hydrogen) atoms. The second-order valence-electron chi connectivity index (χ2n) is 5.32. The highest BCUT2D eigenvalue weighted by atomic mass is 32.2. The van der Waals surface area contributed by atoms with Crippen LogP contribution < -0.4 is 9.21 Å². The normalized spacial score (nSPS) is 15.1. The van der Waals surface area contributed by atoms with Gasteiger partial charge in [-0.3, -0.25) is 9.10 Å². The number of benzene rings is 1. The number of sulfonamides is 1. The van der Waals surface area contributed by atoms with Crippen LogP contribution in [0.4, 0.5) is 11.4 Å². The van der Waals surface area contributed by atoms with Crippen LogP contribution in [-0.4, -0.2) is 44.0 Å². The second-order valence-corrected chi connectivity index (χ2v) is 7.19. The molecule has 1 aliphatic rings. The minimum absolute atomic E-state index is 0.0178. The van der Waals surface area contributed by atoms with Gasteiger partial charge in [0.05, 0.1) is 11.4 Å². The van der Waals surface area contributed by atoms with Gasteiger partial charge in [0.15, 0.2) is 0 Å². The van der Waals surface area contributed by atoms with Crippen LogP contribution in [0.2, 0.25) is 0 Å². The van der Waals surface area contributed by atoms with Crippen LogP contribution in [0.25, 0.3) is 0 Å². The lowest BCUT2D eigenvalue weighted by Gasteiger charge is -2.24. The molecule has 3 rings (SSSR count). The van der Waals surface area contributed by atoms with Gasteiger partial charge in [0.1, 0.15) is 10.6 Å². The topological polar surface area (TPSA) is 111 Å². The first-order chi connectivity index (χ1) is 11.3. The smallest absolute Gasteiger partial charge is 0.352 e. The SMILES string of the molecule is CN1C(=O)CCN(S(=O)(=O)c2c[nH]c(C(=O)O)c2)c2ccccc21. The van der Waals surface area contributed by atoms with Crippen molar-refractivity contribution in [2.24, 2.45) is 0 Å². The van der Waals surface area contributed by atoms with Crippen LogP contribution in [0.5, 0.6) is 0 Å². The molecule has 9 heteroatoms. The number of anilines is 2. The summed E-state index contributed by atoms with van der Waals surface area (Å²) >= 11 is 0. The molecule has 0 aliphatic carbocycles. The Hall–Kier alpha value is -2.81. The summed E-state index contributed by atoms with van der Waals surface area (Å²) in [6.45, 7) is -0.0178. The predicted octanol–water partition coefficient (Wildman–Crippen LogP) is 1.27. The third-order valence-electron chi connectivity index (χ3n) is 3.89. The van der Waals surface area contributed by atoms with E-state index in [9.17, 15) is 18.0 Å². The van der Waals surface area contributed by atoms with Crippen molar-refractivity contribution < 1.29 is 23.1 Å². The number of hydrogen-bond donors (Lipinski definition) is 2. The van der Waals surface area contributed by atoms with Crippen LogP contribution in [-0.2, 0) is 14.8 Å². The predicted molar refractivity (Wildman–Crippen MR) is 86.8 cm³/mol. The van der Waals surface area contributed by atoms with Gasteiger partial charge in [0.2, 0.25) is 5.91 Å². The van der Waals surface area contributed by atoms with Crippen molar-refractivity contribution in [3.05, 3.63) is 42.2 Å². The second kappa shape index (κ2) is 5.68. The van der Waals surface area contributed by atoms with Crippen molar-refractivity contribution >= 4 is 33.3 Å². The maximum absolute atomic E-state index is 12.9. The van der Waals surface area contributed by atoms with Crippen molar-refractivity contribution in [3.63, 3.8) is 0 Å². The molecule has 8 nitrogen and oxygen atoms in total. The Bertz CT molecular complexity index is 919. The lowest BCUT2D eigenvalue weighted by Crippen LogP contribution is -2.31. The molecule has 126 valence electrons. The molecule has 0 atom stereocenters. The fourth-order valence-corrected chi connectivity index (χ4v) is 4.08. The highest BCUT2D eigenvalue weighted by molar-refractivity contribution is 7.92. The number of aromatic amines is 1. The molecular weight excluding hydrogens is 334 g/mol. The average Bonchev–Trinajstić information content (AvgIpc) is 3.01. The van der Waals surface area contributed by atoms with Gasteiger partial charge in [0, 0.05) is 26.2 Å². The Morgan fingerprint density at radius 1 is 1.25 bits per heavy atom. The lowest BCUT2D eigenvalue weighted by molar-refractivity contribution is -0.118. The van der Waals surface area contributed by atoms with Crippen molar-refractivity contribution in [2.45, 2.75) is 11.3 Å². The molecule has 2 N–H and O–H groups in total. The fraction of sp³-hybridized carbons (Fsp3) is 0.200. The Morgan fingerprint density at radius 3 is 2.54 bits per heavy atom. The van der Waals surface area contributed by atoms with Gasteiger partial charge in [-0.25, -0.2) is 13.2 Å². The van der Waals surface area contributed by atoms with E-state index in [1.807, 2.05) is 0 Å². The number of H-pyrrole nitrogens is 1. The number of carboxylic acid groups (broad SMARTS) is 1. The number of nitrogens with zero attached hydrogens (tertiary/aromatic N) is 2. The largest absolute Gasteiger partial charge is 0.477 e. The standard InChI is InChI=1S/C15H15N3O5S/c1-17-12-4-2-3-5-13(12)18(7-6-14(17)19)24(22,23)10-8-11(15(20)21)16-9-10/h2-5,8-9,16H,6-7H2,1H3,(H,20,21). The van der Waals surface area contributed by atoms with E-state index in [0.29, 0.717) is 11.4 Å². The molecule has 2 heterocycles. The molecule has 2 aromatic rings. The van der Waals surface area contributed by atoms with E-state index in [2.05, 4.69) is 4.98 Å². The zero-order valence-corrected chi connectivity index (χ0v) is 13.6. The van der Waals surface area contributed by atoms with E-state index < -0.39 is 16.0 Å². The molecule has 1 aromatic carbocycles. The average molecular weight is 349 g/mol. The molecule has 0 fully saturated rings. The minimum atomic E-state index is -4.00. The molecule has 0 spiro atoms. The van der Waals surface area contributed by atoms with E-state index in [1.54, 1.807) is 31.3 Å². The highest BCUT2D eigenvalue weighted by Gasteiger charge is 2.32. The number of amides is 1. The number of hydrogen-bond acceptors (Lipinski definition) is 4. The Morgan fingerprint density at radius 2 is 1.92 bits per heavy atom. The minimum Gasteiger partial charge on any atom is -0.477 e. The number of carbonyl (C=O) groups is 2. The van der Waals surface area contributed by atoms with Crippen molar-refractivity contribution in [1.29, 1.82) is 0 Å². The van der Waals surface area contributed by atoms with Crippen LogP contribution in [0.1, 0.15) is 16.9 Å². The third kappa shape index (κ3) is 2.52. The number of aromatic nitrogens is 1. The van der Waals surface area contributed by atoms with Gasteiger partial charge in [-0.15, -0.1) is 0 Å². The van der Waals surface area contributed by atoms with E-state index >= 15 is 0 Å². The first-order valence-electron chi connectivity index (χ1n) is 7.12. The molecule has 0 saturated heterocycles. The van der Waals surface area contributed by atoms with Gasteiger partial charge in [-0.05, 0) is 18.2 Å². The fourth-order valence-electron chi connectivity index (χ4n) is 2.60. The maximum Gasteiger partial charge on any atom is 0.352 e. The Balaban J connectivity index is 2.11. The first kappa shape index (κ1) is 16.1. The number of nitrogens with one attached hydrogen (secondary N) is 1. The summed E-state index contributed by atoms with van der Waals surface area (Å²) in [6.07, 6.45) is 1.17. The summed E-state index contributed by atoms with van der Waals surface area (Å²) in [6, 6.07) is 7.76. The van der Waals surface area contributed by atoms with Gasteiger partial charge in [-0.2, -0.15) is 0 Å². The summed E-state index contributed by atoms with van der Waals surface area (Å²) in [4.78, 5) is 26.8. The Kier molecular flexibility index (Phi) is 3.80. The van der Waals surface area contributed by atoms with Gasteiger partial charge in [0.25, 0.3) is 10.0 Å². The quantitative estimate of drug-likeness (QED) is 0.867. The summed E-state index contributed by atoms with van der Waals surface area (Å²) < 4.78 is 27.0. The molecule has 0 unspecified atom stereocenters. The lowest BCUT2D eigenvalue weighted by atomic mass is 10.2. The Labute approximate surface area is 138 Å². The molecule has 1 aliphatic heterocycles. The van der Waals surface area contributed by atoms with Crippen LogP contribution >= 0.6 is 0 Å². The van der Waals surface area contributed by atoms with E-state index in [1.165, 1.54) is 4.90 Å². The zero-order valence-electron chi connectivity index (χ0n) is 12.8. The number of carboxylic acids is 1. The molecule has 0 radical (unpaired) electrons. The first-order valence-corrected chi connectivity index (χ1v) is 8.56. The molecule has 0 bridgehead atoms. The van der Waals surface area contributed by atoms with Crippen molar-refractivity contribution in [2.75, 3.05) is 22.8 Å². The van der Waals surface area contributed by atoms with Crippen LogP contribution in [0.3, 0.4) is 0 Å². The summed E-state index contributed by atoms with van der Waals surface area (Å²) in [5, 5.41) is 8.96. The number of rotatable bonds is 3. The number of aromatic carboxylic acids is 1. The van der Waals surface area contributed by atoms with Crippen LogP contribution in [0.15, 0.2) is 41.4 Å². The summed E-state index contributed by atoms with van der Waals surface area (Å²) in [5.74, 6) is -1.44. The highest BCUT2D eigenvalue weighted by Crippen LogP contribution is 2.35. The summed E-state index contributed by atoms with van der Waals surface area (Å²) in [7, 11) is -2.41. The van der Waals surface area contributed by atoms with Crippen molar-refractivity contribution in [3.8, 4) is 0 Å². The van der Waals surface area contributed by atoms with E-state index in [-0.39, 0.29) is 29.5 Å². The van der Waals surface area contributed by atoms with E-state index in [0.717, 1.165) is 16.6 Å².